The summed E-state index contributed by atoms with van der Waals surface area (Å²) in [6.07, 6.45) is 3.70. The summed E-state index contributed by atoms with van der Waals surface area (Å²) in [5.41, 5.74) is 3.82. The molecule has 1 amide bonds. The molecule has 0 aromatic heterocycles. The molecule has 0 saturated heterocycles. The average Bonchev–Trinajstić information content (AvgIpc) is 3.16. The molecule has 0 spiro atoms. The molecule has 0 N–H and O–H groups in total. The van der Waals surface area contributed by atoms with Crippen molar-refractivity contribution in [1.29, 1.82) is 0 Å². The van der Waals surface area contributed by atoms with Crippen molar-refractivity contribution in [2.45, 2.75) is 6.92 Å². The van der Waals surface area contributed by atoms with E-state index in [1.165, 1.54) is 7.11 Å². The standard InChI is InChI=1S/C27H22ClNO4/c1-3-33-22-12-9-18(10-13-22)15-20-16-25(19-7-5-4-6-8-19)29(26(20)30)21-11-14-23(24(28)17-21)27(31)32-2/h4-17H,3H2,1-2H3/b20-15+. The zero-order valence-corrected chi connectivity index (χ0v) is 19.0. The molecule has 1 heterocycles. The highest BCUT2D eigenvalue weighted by Crippen LogP contribution is 2.37. The van der Waals surface area contributed by atoms with Gasteiger partial charge in [-0.05, 0) is 60.5 Å². The van der Waals surface area contributed by atoms with Gasteiger partial charge in [0.1, 0.15) is 5.75 Å². The smallest absolute Gasteiger partial charge is 0.339 e. The van der Waals surface area contributed by atoms with Gasteiger partial charge in [-0.2, -0.15) is 0 Å². The van der Waals surface area contributed by atoms with Crippen LogP contribution in [-0.4, -0.2) is 25.6 Å². The van der Waals surface area contributed by atoms with Crippen LogP contribution in [0.4, 0.5) is 5.69 Å². The average molecular weight is 460 g/mol. The molecule has 0 unspecified atom stereocenters. The fraction of sp³-hybridized carbons (Fsp3) is 0.111. The van der Waals surface area contributed by atoms with Crippen LogP contribution in [0.25, 0.3) is 11.8 Å². The topological polar surface area (TPSA) is 55.8 Å². The van der Waals surface area contributed by atoms with Crippen LogP contribution >= 0.6 is 11.6 Å². The number of anilines is 1. The Bertz CT molecular complexity index is 1250. The number of hydrogen-bond acceptors (Lipinski definition) is 4. The second-order valence-electron chi connectivity index (χ2n) is 7.29. The number of nitrogens with zero attached hydrogens (tertiary/aromatic N) is 1. The SMILES string of the molecule is CCOc1ccc(/C=C2\C=C(c3ccccc3)N(c3ccc(C(=O)OC)c(Cl)c3)C2=O)cc1. The molecule has 0 radical (unpaired) electrons. The second-order valence-corrected chi connectivity index (χ2v) is 7.70. The Morgan fingerprint density at radius 2 is 1.76 bits per heavy atom. The highest BCUT2D eigenvalue weighted by Gasteiger charge is 2.31. The zero-order valence-electron chi connectivity index (χ0n) is 18.2. The fourth-order valence-electron chi connectivity index (χ4n) is 3.62. The highest BCUT2D eigenvalue weighted by molar-refractivity contribution is 6.34. The summed E-state index contributed by atoms with van der Waals surface area (Å²) < 4.78 is 10.3. The van der Waals surface area contributed by atoms with E-state index >= 15 is 0 Å². The predicted octanol–water partition coefficient (Wildman–Crippen LogP) is 6.00. The Kier molecular flexibility index (Phi) is 6.61. The number of hydrogen-bond donors (Lipinski definition) is 0. The summed E-state index contributed by atoms with van der Waals surface area (Å²) in [6, 6.07) is 22.1. The molecule has 0 atom stereocenters. The van der Waals surface area contributed by atoms with Crippen molar-refractivity contribution < 1.29 is 19.1 Å². The van der Waals surface area contributed by atoms with Crippen molar-refractivity contribution >= 4 is 40.9 Å². The van der Waals surface area contributed by atoms with Crippen molar-refractivity contribution in [3.63, 3.8) is 0 Å². The molecule has 4 rings (SSSR count). The number of halogens is 1. The van der Waals surface area contributed by atoms with Crippen LogP contribution in [-0.2, 0) is 9.53 Å². The molecular weight excluding hydrogens is 438 g/mol. The maximum atomic E-state index is 13.5. The van der Waals surface area contributed by atoms with Crippen LogP contribution in [0.15, 0.2) is 84.4 Å². The lowest BCUT2D eigenvalue weighted by Gasteiger charge is -2.21. The maximum absolute atomic E-state index is 13.5. The van der Waals surface area contributed by atoms with Gasteiger partial charge in [0, 0.05) is 5.57 Å². The molecule has 33 heavy (non-hydrogen) atoms. The normalized spacial score (nSPS) is 14.4. The van der Waals surface area contributed by atoms with Crippen LogP contribution in [0, 0.1) is 0 Å². The summed E-state index contributed by atoms with van der Waals surface area (Å²) >= 11 is 6.34. The Hall–Kier alpha value is -3.83. The van der Waals surface area contributed by atoms with Crippen molar-refractivity contribution in [3.05, 3.63) is 106 Å². The molecular formula is C27H22ClNO4. The number of methoxy groups -OCH3 is 1. The lowest BCUT2D eigenvalue weighted by molar-refractivity contribution is -0.113. The predicted molar refractivity (Wildman–Crippen MR) is 130 cm³/mol. The van der Waals surface area contributed by atoms with E-state index in [0.717, 1.165) is 22.6 Å². The lowest BCUT2D eigenvalue weighted by Crippen LogP contribution is -2.25. The third kappa shape index (κ3) is 4.69. The lowest BCUT2D eigenvalue weighted by atomic mass is 10.1. The van der Waals surface area contributed by atoms with E-state index < -0.39 is 5.97 Å². The van der Waals surface area contributed by atoms with Crippen molar-refractivity contribution in [2.24, 2.45) is 0 Å². The van der Waals surface area contributed by atoms with E-state index in [4.69, 9.17) is 21.1 Å². The number of esters is 1. The number of amides is 1. The van der Waals surface area contributed by atoms with E-state index in [1.807, 2.05) is 73.7 Å². The van der Waals surface area contributed by atoms with E-state index in [-0.39, 0.29) is 16.5 Å². The van der Waals surface area contributed by atoms with Crippen LogP contribution < -0.4 is 9.64 Å². The van der Waals surface area contributed by atoms with Crippen molar-refractivity contribution in [1.82, 2.24) is 0 Å². The van der Waals surface area contributed by atoms with Crippen LogP contribution in [0.3, 0.4) is 0 Å². The second kappa shape index (κ2) is 9.76. The van der Waals surface area contributed by atoms with E-state index in [9.17, 15) is 9.59 Å². The Morgan fingerprint density at radius 1 is 1.03 bits per heavy atom. The first-order valence-electron chi connectivity index (χ1n) is 10.5. The van der Waals surface area contributed by atoms with E-state index in [2.05, 4.69) is 0 Å². The van der Waals surface area contributed by atoms with Gasteiger partial charge in [0.15, 0.2) is 0 Å². The quantitative estimate of drug-likeness (QED) is 0.335. The molecule has 5 nitrogen and oxygen atoms in total. The van der Waals surface area contributed by atoms with Gasteiger partial charge in [0.25, 0.3) is 5.91 Å². The van der Waals surface area contributed by atoms with Gasteiger partial charge < -0.3 is 9.47 Å². The molecule has 3 aromatic carbocycles. The number of ether oxygens (including phenoxy) is 2. The molecule has 1 aliphatic heterocycles. The summed E-state index contributed by atoms with van der Waals surface area (Å²) in [6.45, 7) is 2.52. The molecule has 0 aliphatic carbocycles. The minimum Gasteiger partial charge on any atom is -0.494 e. The van der Waals surface area contributed by atoms with Gasteiger partial charge in [0.2, 0.25) is 0 Å². The van der Waals surface area contributed by atoms with Gasteiger partial charge in [-0.3, -0.25) is 9.69 Å². The van der Waals surface area contributed by atoms with Gasteiger partial charge in [-0.1, -0.05) is 54.1 Å². The molecule has 0 bridgehead atoms. The highest BCUT2D eigenvalue weighted by atomic mass is 35.5. The summed E-state index contributed by atoms with van der Waals surface area (Å²) in [4.78, 5) is 27.0. The van der Waals surface area contributed by atoms with Gasteiger partial charge in [-0.25, -0.2) is 4.79 Å². The molecule has 0 saturated carbocycles. The third-order valence-electron chi connectivity index (χ3n) is 5.18. The molecule has 1 aliphatic rings. The number of benzene rings is 3. The van der Waals surface area contributed by atoms with E-state index in [1.54, 1.807) is 23.1 Å². The van der Waals surface area contributed by atoms with Crippen LogP contribution in [0.1, 0.15) is 28.4 Å². The van der Waals surface area contributed by atoms with Gasteiger partial charge >= 0.3 is 5.97 Å². The Balaban J connectivity index is 1.75. The Morgan fingerprint density at radius 3 is 2.39 bits per heavy atom. The molecule has 6 heteroatoms. The summed E-state index contributed by atoms with van der Waals surface area (Å²) in [5, 5.41) is 0.212. The maximum Gasteiger partial charge on any atom is 0.339 e. The molecule has 0 fully saturated rings. The van der Waals surface area contributed by atoms with E-state index in [0.29, 0.717) is 17.9 Å². The zero-order chi connectivity index (χ0) is 23.4. The third-order valence-corrected chi connectivity index (χ3v) is 5.49. The first-order valence-corrected chi connectivity index (χ1v) is 10.8. The van der Waals surface area contributed by atoms with Crippen LogP contribution in [0.5, 0.6) is 5.75 Å². The number of carbonyl (C=O) groups excluding carboxylic acids is 2. The monoisotopic (exact) mass is 459 g/mol. The minimum atomic E-state index is -0.533. The summed E-state index contributed by atoms with van der Waals surface area (Å²) in [7, 11) is 1.30. The minimum absolute atomic E-state index is 0.190. The van der Waals surface area contributed by atoms with Crippen molar-refractivity contribution in [3.8, 4) is 5.75 Å². The number of rotatable bonds is 6. The first-order chi connectivity index (χ1) is 16.0. The number of carbonyl (C=O) groups is 2. The fourth-order valence-corrected chi connectivity index (χ4v) is 3.87. The Labute approximate surface area is 197 Å². The molecule has 166 valence electrons. The first kappa shape index (κ1) is 22.4. The van der Waals surface area contributed by atoms with Crippen LogP contribution in [0.2, 0.25) is 5.02 Å². The van der Waals surface area contributed by atoms with Gasteiger partial charge in [-0.15, -0.1) is 0 Å². The van der Waals surface area contributed by atoms with Crippen molar-refractivity contribution in [2.75, 3.05) is 18.6 Å². The largest absolute Gasteiger partial charge is 0.494 e. The summed E-state index contributed by atoms with van der Waals surface area (Å²) in [5.74, 6) is 0.0544. The molecule has 3 aromatic rings. The van der Waals surface area contributed by atoms with Gasteiger partial charge in [0.05, 0.1) is 35.7 Å².